The van der Waals surface area contributed by atoms with Crippen molar-refractivity contribution in [2.75, 3.05) is 0 Å². The van der Waals surface area contributed by atoms with Gasteiger partial charge in [0.25, 0.3) is 0 Å². The second-order valence-electron chi connectivity index (χ2n) is 9.68. The highest BCUT2D eigenvalue weighted by Gasteiger charge is 2.43. The molecule has 0 heterocycles. The maximum atomic E-state index is 15.6. The molecule has 3 atom stereocenters. The van der Waals surface area contributed by atoms with E-state index in [1.165, 1.54) is 0 Å². The molecule has 5 aromatic carbocycles. The second kappa shape index (κ2) is 12.9. The summed E-state index contributed by atoms with van der Waals surface area (Å²) in [6, 6.07) is 48.8. The Kier molecular flexibility index (Phi) is 8.85. The number of aliphatic hydroxyl groups excluding tert-OH is 1. The van der Waals surface area contributed by atoms with Crippen LogP contribution in [0.2, 0.25) is 0 Å². The molecule has 4 heteroatoms. The first-order valence-corrected chi connectivity index (χ1v) is 15.1. The number of ether oxygens (including phenoxy) is 1. The number of hydrogen-bond donors (Lipinski definition) is 1. The maximum Gasteiger partial charge on any atom is 0.149 e. The Hall–Kier alpha value is -3.75. The zero-order chi connectivity index (χ0) is 26.9. The molecule has 0 unspecified atom stereocenters. The van der Waals surface area contributed by atoms with E-state index < -0.39 is 18.9 Å². The quantitative estimate of drug-likeness (QED) is 0.180. The molecule has 0 fully saturated rings. The van der Waals surface area contributed by atoms with Crippen LogP contribution in [-0.4, -0.2) is 10.8 Å². The summed E-state index contributed by atoms with van der Waals surface area (Å²) in [5, 5.41) is 13.4. The minimum atomic E-state index is -3.36. The van der Waals surface area contributed by atoms with E-state index in [0.717, 1.165) is 27.3 Å². The molecule has 0 aliphatic heterocycles. The van der Waals surface area contributed by atoms with E-state index in [2.05, 4.69) is 0 Å². The summed E-state index contributed by atoms with van der Waals surface area (Å²) in [6.07, 6.45) is -0.979. The molecule has 0 aromatic heterocycles. The van der Waals surface area contributed by atoms with Crippen molar-refractivity contribution in [1.82, 2.24) is 0 Å². The Morgan fingerprint density at radius 2 is 0.974 bits per heavy atom. The first-order chi connectivity index (χ1) is 19.2. The Morgan fingerprint density at radius 3 is 1.46 bits per heavy atom. The van der Waals surface area contributed by atoms with Gasteiger partial charge in [-0.1, -0.05) is 152 Å². The lowest BCUT2D eigenvalue weighted by Crippen LogP contribution is -2.32. The van der Waals surface area contributed by atoms with Crippen LogP contribution in [0.5, 0.6) is 0 Å². The molecule has 0 radical (unpaired) electrons. The Labute approximate surface area is 231 Å². The van der Waals surface area contributed by atoms with E-state index in [-0.39, 0.29) is 6.10 Å². The minimum absolute atomic E-state index is 0.369. The summed E-state index contributed by atoms with van der Waals surface area (Å²) in [6.45, 7) is 0.412. The van der Waals surface area contributed by atoms with Crippen LogP contribution in [0, 0.1) is 0 Å². The van der Waals surface area contributed by atoms with Crippen LogP contribution in [0.4, 0.5) is 0 Å². The van der Waals surface area contributed by atoms with Gasteiger partial charge in [-0.15, -0.1) is 0 Å². The molecule has 0 saturated carbocycles. The molecule has 0 bridgehead atoms. The normalized spacial score (nSPS) is 13.9. The summed E-state index contributed by atoms with van der Waals surface area (Å²) >= 11 is 0. The van der Waals surface area contributed by atoms with Crippen LogP contribution in [0.3, 0.4) is 0 Å². The zero-order valence-electron chi connectivity index (χ0n) is 21.8. The van der Waals surface area contributed by atoms with Crippen molar-refractivity contribution < 1.29 is 14.4 Å². The third-order valence-electron chi connectivity index (χ3n) is 7.17. The minimum Gasteiger partial charge on any atom is -0.388 e. The van der Waals surface area contributed by atoms with Crippen LogP contribution < -0.4 is 10.6 Å². The van der Waals surface area contributed by atoms with E-state index >= 15 is 4.57 Å². The van der Waals surface area contributed by atoms with Crippen molar-refractivity contribution in [3.63, 3.8) is 0 Å². The highest BCUT2D eigenvalue weighted by molar-refractivity contribution is 7.79. The predicted octanol–water partition coefficient (Wildman–Crippen LogP) is 7.45. The molecule has 196 valence electrons. The van der Waals surface area contributed by atoms with Gasteiger partial charge < -0.3 is 14.4 Å². The number of rotatable bonds is 11. The van der Waals surface area contributed by atoms with Gasteiger partial charge in [-0.25, -0.2) is 0 Å². The van der Waals surface area contributed by atoms with Gasteiger partial charge in [0.05, 0.1) is 24.5 Å². The fraction of sp³-hybridized carbons (Fsp3) is 0.143. The van der Waals surface area contributed by atoms with Gasteiger partial charge in [0, 0.05) is 10.6 Å². The van der Waals surface area contributed by atoms with Crippen molar-refractivity contribution in [2.24, 2.45) is 0 Å². The van der Waals surface area contributed by atoms with Gasteiger partial charge in [-0.3, -0.25) is 0 Å². The third-order valence-corrected chi connectivity index (χ3v) is 10.7. The monoisotopic (exact) mass is 532 g/mol. The van der Waals surface area contributed by atoms with Gasteiger partial charge >= 0.3 is 0 Å². The van der Waals surface area contributed by atoms with E-state index in [1.807, 2.05) is 152 Å². The SMILES string of the molecule is O=P(c1ccccc1)(c1ccccc1)[C@H](C[C@@H](OCc1ccccc1)c1ccccc1)[C@H](O)c1ccccc1. The number of hydrogen-bond acceptors (Lipinski definition) is 3. The Balaban J connectivity index is 1.62. The summed E-state index contributed by atoms with van der Waals surface area (Å²) in [7, 11) is -3.36. The van der Waals surface area contributed by atoms with Crippen LogP contribution in [0.25, 0.3) is 0 Å². The van der Waals surface area contributed by atoms with E-state index in [0.29, 0.717) is 13.0 Å². The molecular formula is C35H33O3P. The van der Waals surface area contributed by atoms with Gasteiger partial charge in [0.1, 0.15) is 7.14 Å². The lowest BCUT2D eigenvalue weighted by atomic mass is 9.98. The molecule has 5 rings (SSSR count). The largest absolute Gasteiger partial charge is 0.388 e. The van der Waals surface area contributed by atoms with Gasteiger partial charge in [0.15, 0.2) is 0 Å². The Morgan fingerprint density at radius 1 is 0.564 bits per heavy atom. The zero-order valence-corrected chi connectivity index (χ0v) is 22.7. The molecule has 0 aliphatic carbocycles. The Bertz CT molecular complexity index is 1420. The molecule has 5 aromatic rings. The van der Waals surface area contributed by atoms with Crippen molar-refractivity contribution in [3.8, 4) is 0 Å². The molecule has 1 N–H and O–H groups in total. The first kappa shape index (κ1) is 26.8. The van der Waals surface area contributed by atoms with Crippen LogP contribution in [-0.2, 0) is 15.9 Å². The topological polar surface area (TPSA) is 46.5 Å². The molecule has 3 nitrogen and oxygen atoms in total. The van der Waals surface area contributed by atoms with Gasteiger partial charge in [-0.2, -0.15) is 0 Å². The average Bonchev–Trinajstić information content (AvgIpc) is 3.03. The van der Waals surface area contributed by atoms with Gasteiger partial charge in [-0.05, 0) is 23.1 Å². The van der Waals surface area contributed by atoms with E-state index in [4.69, 9.17) is 4.74 Å². The lowest BCUT2D eigenvalue weighted by molar-refractivity contribution is 0.0236. The van der Waals surface area contributed by atoms with E-state index in [1.54, 1.807) is 0 Å². The summed E-state index contributed by atoms with van der Waals surface area (Å²) < 4.78 is 22.1. The number of benzene rings is 5. The van der Waals surface area contributed by atoms with Crippen molar-refractivity contribution >= 4 is 17.8 Å². The van der Waals surface area contributed by atoms with Gasteiger partial charge in [0.2, 0.25) is 0 Å². The average molecular weight is 533 g/mol. The summed E-state index contributed by atoms with van der Waals surface area (Å²) in [5.41, 5.74) is 2.16. The molecule has 0 spiro atoms. The second-order valence-corrected chi connectivity index (χ2v) is 12.7. The number of aliphatic hydroxyl groups is 1. The predicted molar refractivity (Wildman–Crippen MR) is 160 cm³/mol. The highest BCUT2D eigenvalue weighted by atomic mass is 31.2. The van der Waals surface area contributed by atoms with Crippen LogP contribution >= 0.6 is 7.14 Å². The smallest absolute Gasteiger partial charge is 0.149 e. The summed E-state index contributed by atoms with van der Waals surface area (Å²) in [5.74, 6) is 0. The molecule has 0 saturated heterocycles. The maximum absolute atomic E-state index is 15.6. The standard InChI is InChI=1S/C35H33O3P/c36-35(30-20-10-3-11-21-30)34(39(37,31-22-12-4-13-23-31)32-24-14-5-15-25-32)26-33(29-18-8-2-9-19-29)38-27-28-16-6-1-7-17-28/h1-25,33-36H,26-27H2/t33-,34-,35-/m1/s1. The molecule has 0 aliphatic rings. The van der Waals surface area contributed by atoms with Crippen LogP contribution in [0.15, 0.2) is 152 Å². The van der Waals surface area contributed by atoms with Crippen molar-refractivity contribution in [3.05, 3.63) is 168 Å². The molecule has 0 amide bonds. The van der Waals surface area contributed by atoms with Crippen molar-refractivity contribution in [2.45, 2.75) is 30.9 Å². The van der Waals surface area contributed by atoms with E-state index in [9.17, 15) is 5.11 Å². The lowest BCUT2D eigenvalue weighted by Gasteiger charge is -2.35. The highest BCUT2D eigenvalue weighted by Crippen LogP contribution is 2.56. The van der Waals surface area contributed by atoms with Crippen molar-refractivity contribution in [1.29, 1.82) is 0 Å². The molecule has 39 heavy (non-hydrogen) atoms. The molecular weight excluding hydrogens is 499 g/mol. The fourth-order valence-electron chi connectivity index (χ4n) is 5.14. The summed E-state index contributed by atoms with van der Waals surface area (Å²) in [4.78, 5) is 0. The first-order valence-electron chi connectivity index (χ1n) is 13.3. The third kappa shape index (κ3) is 6.29. The van der Waals surface area contributed by atoms with Crippen LogP contribution in [0.1, 0.15) is 35.3 Å². The fourth-order valence-corrected chi connectivity index (χ4v) is 8.49.